The lowest BCUT2D eigenvalue weighted by molar-refractivity contribution is -0.119. The highest BCUT2D eigenvalue weighted by molar-refractivity contribution is 7.94. The van der Waals surface area contributed by atoms with Gasteiger partial charge < -0.3 is 5.32 Å². The highest BCUT2D eigenvalue weighted by Crippen LogP contribution is 2.32. The maximum atomic E-state index is 13.0. The number of aryl methyl sites for hydroxylation is 2. The lowest BCUT2D eigenvalue weighted by Crippen LogP contribution is -2.30. The molecule has 0 spiro atoms. The van der Waals surface area contributed by atoms with E-state index in [1.54, 1.807) is 6.92 Å². The predicted molar refractivity (Wildman–Crippen MR) is 115 cm³/mol. The molecule has 3 rings (SSSR count). The van der Waals surface area contributed by atoms with E-state index in [4.69, 9.17) is 11.6 Å². The Morgan fingerprint density at radius 1 is 1.17 bits per heavy atom. The SMILES string of the molecule is CCc1cccc(CC)c1NC(=O)c1cc(N2C(=O)C(C)CS2(=O)=O)ccc1Cl. The molecule has 2 aromatic rings. The van der Waals surface area contributed by atoms with E-state index < -0.39 is 27.8 Å². The first-order valence-electron chi connectivity index (χ1n) is 9.48. The maximum Gasteiger partial charge on any atom is 0.257 e. The van der Waals surface area contributed by atoms with Gasteiger partial charge in [0.1, 0.15) is 0 Å². The zero-order valence-corrected chi connectivity index (χ0v) is 18.1. The average molecular weight is 435 g/mol. The molecule has 154 valence electrons. The van der Waals surface area contributed by atoms with Gasteiger partial charge in [-0.2, -0.15) is 0 Å². The Balaban J connectivity index is 2.00. The molecule has 8 heteroatoms. The average Bonchev–Trinajstić information content (AvgIpc) is 2.89. The minimum absolute atomic E-state index is 0.111. The molecule has 1 aliphatic heterocycles. The van der Waals surface area contributed by atoms with Gasteiger partial charge in [0.2, 0.25) is 15.9 Å². The molecule has 2 aromatic carbocycles. The number of para-hydroxylation sites is 1. The van der Waals surface area contributed by atoms with Crippen LogP contribution in [0.4, 0.5) is 11.4 Å². The molecule has 0 radical (unpaired) electrons. The van der Waals surface area contributed by atoms with Crippen molar-refractivity contribution in [3.05, 3.63) is 58.1 Å². The van der Waals surface area contributed by atoms with Crippen LogP contribution in [-0.2, 0) is 27.7 Å². The van der Waals surface area contributed by atoms with E-state index in [9.17, 15) is 18.0 Å². The zero-order chi connectivity index (χ0) is 21.3. The number of hydrogen-bond acceptors (Lipinski definition) is 4. The Morgan fingerprint density at radius 2 is 1.79 bits per heavy atom. The van der Waals surface area contributed by atoms with Crippen LogP contribution in [0.25, 0.3) is 0 Å². The highest BCUT2D eigenvalue weighted by Gasteiger charge is 2.42. The number of halogens is 1. The number of anilines is 2. The number of carbonyl (C=O) groups is 2. The van der Waals surface area contributed by atoms with Crippen molar-refractivity contribution in [2.75, 3.05) is 15.4 Å². The molecule has 0 saturated carbocycles. The number of benzene rings is 2. The number of nitrogens with zero attached hydrogens (tertiary/aromatic N) is 1. The molecule has 1 N–H and O–H groups in total. The van der Waals surface area contributed by atoms with E-state index >= 15 is 0 Å². The van der Waals surface area contributed by atoms with Crippen molar-refractivity contribution in [2.45, 2.75) is 33.6 Å². The molecule has 0 bridgehead atoms. The van der Waals surface area contributed by atoms with Crippen LogP contribution in [0.5, 0.6) is 0 Å². The Labute approximate surface area is 175 Å². The first-order valence-corrected chi connectivity index (χ1v) is 11.5. The summed E-state index contributed by atoms with van der Waals surface area (Å²) in [5.74, 6) is -1.84. The fourth-order valence-corrected chi connectivity index (χ4v) is 5.50. The van der Waals surface area contributed by atoms with E-state index in [1.807, 2.05) is 32.0 Å². The quantitative estimate of drug-likeness (QED) is 0.770. The van der Waals surface area contributed by atoms with Gasteiger partial charge in [-0.05, 0) is 42.2 Å². The van der Waals surface area contributed by atoms with Gasteiger partial charge in [0.15, 0.2) is 0 Å². The molecule has 1 aliphatic rings. The summed E-state index contributed by atoms with van der Waals surface area (Å²) < 4.78 is 25.5. The molecule has 6 nitrogen and oxygen atoms in total. The van der Waals surface area contributed by atoms with Crippen LogP contribution in [-0.4, -0.2) is 26.0 Å². The Bertz CT molecular complexity index is 1060. The molecule has 1 atom stereocenters. The molecular formula is C21H23ClN2O4S. The molecule has 1 heterocycles. The summed E-state index contributed by atoms with van der Waals surface area (Å²) in [5, 5.41) is 3.10. The van der Waals surface area contributed by atoms with Crippen LogP contribution >= 0.6 is 11.6 Å². The molecule has 2 amide bonds. The summed E-state index contributed by atoms with van der Waals surface area (Å²) in [4.78, 5) is 25.4. The fourth-order valence-electron chi connectivity index (χ4n) is 3.48. The molecule has 1 fully saturated rings. The Hall–Kier alpha value is -2.38. The smallest absolute Gasteiger partial charge is 0.257 e. The van der Waals surface area contributed by atoms with Gasteiger partial charge >= 0.3 is 0 Å². The van der Waals surface area contributed by atoms with Crippen molar-refractivity contribution in [1.82, 2.24) is 0 Å². The van der Waals surface area contributed by atoms with Crippen LogP contribution in [0, 0.1) is 5.92 Å². The Kier molecular flexibility index (Phi) is 6.00. The molecule has 0 aromatic heterocycles. The first kappa shape index (κ1) is 21.3. The maximum absolute atomic E-state index is 13.0. The third kappa shape index (κ3) is 4.02. The number of carbonyl (C=O) groups excluding carboxylic acids is 2. The zero-order valence-electron chi connectivity index (χ0n) is 16.5. The molecular weight excluding hydrogens is 412 g/mol. The molecule has 29 heavy (non-hydrogen) atoms. The number of nitrogens with one attached hydrogen (secondary N) is 1. The van der Waals surface area contributed by atoms with Gasteiger partial charge in [-0.25, -0.2) is 12.7 Å². The van der Waals surface area contributed by atoms with Gasteiger partial charge in [-0.3, -0.25) is 9.59 Å². The van der Waals surface area contributed by atoms with Crippen LogP contribution in [0.2, 0.25) is 5.02 Å². The number of hydrogen-bond donors (Lipinski definition) is 1. The van der Waals surface area contributed by atoms with Crippen molar-refractivity contribution < 1.29 is 18.0 Å². The molecule has 0 aliphatic carbocycles. The summed E-state index contributed by atoms with van der Waals surface area (Å²) >= 11 is 6.23. The summed E-state index contributed by atoms with van der Waals surface area (Å²) in [7, 11) is -3.77. The highest BCUT2D eigenvalue weighted by atomic mass is 35.5. The van der Waals surface area contributed by atoms with Gasteiger partial charge in [0.05, 0.1) is 27.9 Å². The van der Waals surface area contributed by atoms with Crippen molar-refractivity contribution in [2.24, 2.45) is 5.92 Å². The van der Waals surface area contributed by atoms with Crippen molar-refractivity contribution >= 4 is 44.8 Å². The number of amides is 2. The normalized spacial score (nSPS) is 18.1. The lowest BCUT2D eigenvalue weighted by Gasteiger charge is -2.18. The topological polar surface area (TPSA) is 83.6 Å². The molecule has 1 saturated heterocycles. The molecule has 1 unspecified atom stereocenters. The van der Waals surface area contributed by atoms with Crippen molar-refractivity contribution in [1.29, 1.82) is 0 Å². The second-order valence-electron chi connectivity index (χ2n) is 7.06. The monoisotopic (exact) mass is 434 g/mol. The largest absolute Gasteiger partial charge is 0.321 e. The minimum Gasteiger partial charge on any atom is -0.321 e. The second-order valence-corrected chi connectivity index (χ2v) is 9.33. The van der Waals surface area contributed by atoms with E-state index in [2.05, 4.69) is 5.32 Å². The van der Waals surface area contributed by atoms with E-state index in [-0.39, 0.29) is 22.0 Å². The predicted octanol–water partition coefficient (Wildman–Crippen LogP) is 4.03. The van der Waals surface area contributed by atoms with E-state index in [0.717, 1.165) is 34.0 Å². The van der Waals surface area contributed by atoms with Gasteiger partial charge in [-0.15, -0.1) is 0 Å². The van der Waals surface area contributed by atoms with Crippen LogP contribution < -0.4 is 9.62 Å². The van der Waals surface area contributed by atoms with Crippen molar-refractivity contribution in [3.63, 3.8) is 0 Å². The van der Waals surface area contributed by atoms with Gasteiger partial charge in [-0.1, -0.05) is 50.6 Å². The van der Waals surface area contributed by atoms with E-state index in [1.165, 1.54) is 18.2 Å². The summed E-state index contributed by atoms with van der Waals surface area (Å²) in [6, 6.07) is 10.1. The summed E-state index contributed by atoms with van der Waals surface area (Å²) in [5.41, 5.74) is 2.96. The first-order chi connectivity index (χ1) is 13.7. The van der Waals surface area contributed by atoms with Gasteiger partial charge in [0, 0.05) is 5.69 Å². The number of sulfonamides is 1. The summed E-state index contributed by atoms with van der Waals surface area (Å²) in [6.07, 6.45) is 1.49. The van der Waals surface area contributed by atoms with Crippen LogP contribution in [0.15, 0.2) is 36.4 Å². The second kappa shape index (κ2) is 8.16. The minimum atomic E-state index is -3.77. The van der Waals surface area contributed by atoms with Gasteiger partial charge in [0.25, 0.3) is 5.91 Å². The van der Waals surface area contributed by atoms with Crippen LogP contribution in [0.1, 0.15) is 42.3 Å². The number of rotatable bonds is 5. The van der Waals surface area contributed by atoms with Crippen LogP contribution in [0.3, 0.4) is 0 Å². The van der Waals surface area contributed by atoms with E-state index in [0.29, 0.717) is 0 Å². The third-order valence-electron chi connectivity index (χ3n) is 5.03. The lowest BCUT2D eigenvalue weighted by atomic mass is 10.0. The summed E-state index contributed by atoms with van der Waals surface area (Å²) in [6.45, 7) is 5.57. The Morgan fingerprint density at radius 3 is 2.31 bits per heavy atom. The third-order valence-corrected chi connectivity index (χ3v) is 7.22. The standard InChI is InChI=1S/C21H23ClN2O4S/c1-4-14-7-6-8-15(5-2)19(14)23-20(25)17-11-16(9-10-18(17)22)24-21(26)13(3)12-29(24,27)28/h6-11,13H,4-5,12H2,1-3H3,(H,23,25). The fraction of sp³-hybridized carbons (Fsp3) is 0.333. The van der Waals surface area contributed by atoms with Crippen molar-refractivity contribution in [3.8, 4) is 0 Å².